The van der Waals surface area contributed by atoms with Crippen LogP contribution in [-0.4, -0.2) is 23.9 Å². The van der Waals surface area contributed by atoms with E-state index in [1.54, 1.807) is 0 Å². The Balaban J connectivity index is 1.41. The Hall–Kier alpha value is -2.13. The molecule has 1 aliphatic carbocycles. The third-order valence-electron chi connectivity index (χ3n) is 5.60. The van der Waals surface area contributed by atoms with Crippen LogP contribution >= 0.6 is 0 Å². The van der Waals surface area contributed by atoms with E-state index in [0.29, 0.717) is 12.6 Å². The van der Waals surface area contributed by atoms with Gasteiger partial charge in [0.05, 0.1) is 12.6 Å². The first-order chi connectivity index (χ1) is 12.3. The van der Waals surface area contributed by atoms with Crippen LogP contribution in [0.25, 0.3) is 0 Å². The molecule has 0 saturated carbocycles. The van der Waals surface area contributed by atoms with Crippen LogP contribution in [0.2, 0.25) is 0 Å². The molecule has 3 heteroatoms. The van der Waals surface area contributed by atoms with Crippen LogP contribution in [0.15, 0.2) is 54.6 Å². The molecule has 1 aliphatic heterocycles. The largest absolute Gasteiger partial charge is 0.348 e. The van der Waals surface area contributed by atoms with Crippen molar-refractivity contribution in [3.8, 4) is 0 Å². The van der Waals surface area contributed by atoms with Crippen LogP contribution in [0, 0.1) is 0 Å². The maximum absolute atomic E-state index is 12.7. The topological polar surface area (TPSA) is 32.3 Å². The van der Waals surface area contributed by atoms with Gasteiger partial charge < -0.3 is 5.32 Å². The van der Waals surface area contributed by atoms with E-state index in [-0.39, 0.29) is 11.9 Å². The van der Waals surface area contributed by atoms with E-state index in [2.05, 4.69) is 64.8 Å². The fourth-order valence-electron chi connectivity index (χ4n) is 4.40. The van der Waals surface area contributed by atoms with Crippen molar-refractivity contribution in [2.24, 2.45) is 0 Å². The second-order valence-corrected chi connectivity index (χ2v) is 7.25. The van der Waals surface area contributed by atoms with Gasteiger partial charge >= 0.3 is 0 Å². The van der Waals surface area contributed by atoms with E-state index in [4.69, 9.17) is 0 Å². The summed E-state index contributed by atoms with van der Waals surface area (Å²) in [7, 11) is 0. The van der Waals surface area contributed by atoms with Crippen molar-refractivity contribution in [2.75, 3.05) is 13.1 Å². The van der Waals surface area contributed by atoms with Gasteiger partial charge in [-0.3, -0.25) is 9.69 Å². The molecule has 130 valence electrons. The van der Waals surface area contributed by atoms with Crippen molar-refractivity contribution in [1.82, 2.24) is 10.2 Å². The average Bonchev–Trinajstić information content (AvgIpc) is 3.11. The number of benzene rings is 2. The molecule has 0 unspecified atom stereocenters. The Morgan fingerprint density at radius 2 is 1.80 bits per heavy atom. The molecule has 2 aliphatic rings. The first-order valence-corrected chi connectivity index (χ1v) is 9.47. The van der Waals surface area contributed by atoms with Crippen LogP contribution in [0.4, 0.5) is 0 Å². The average molecular weight is 334 g/mol. The summed E-state index contributed by atoms with van der Waals surface area (Å²) >= 11 is 0. The molecular formula is C22H26N2O. The van der Waals surface area contributed by atoms with E-state index in [9.17, 15) is 4.79 Å². The van der Waals surface area contributed by atoms with Gasteiger partial charge in [-0.25, -0.2) is 0 Å². The zero-order valence-electron chi connectivity index (χ0n) is 14.7. The smallest absolute Gasteiger partial charge is 0.234 e. The normalized spacial score (nSPS) is 23.2. The predicted molar refractivity (Wildman–Crippen MR) is 100 cm³/mol. The fraction of sp³-hybridized carbons (Fsp3) is 0.409. The summed E-state index contributed by atoms with van der Waals surface area (Å²) in [5, 5.41) is 3.29. The molecular weight excluding hydrogens is 308 g/mol. The number of amides is 1. The van der Waals surface area contributed by atoms with Gasteiger partial charge in [0.25, 0.3) is 0 Å². The lowest BCUT2D eigenvalue weighted by Crippen LogP contribution is -2.39. The number of carbonyl (C=O) groups excluding carboxylic acids is 1. The Morgan fingerprint density at radius 3 is 2.68 bits per heavy atom. The van der Waals surface area contributed by atoms with Crippen LogP contribution in [0.3, 0.4) is 0 Å². The van der Waals surface area contributed by atoms with Crippen LogP contribution in [0.1, 0.15) is 54.5 Å². The zero-order valence-corrected chi connectivity index (χ0v) is 14.7. The van der Waals surface area contributed by atoms with Gasteiger partial charge in [0.2, 0.25) is 5.91 Å². The summed E-state index contributed by atoms with van der Waals surface area (Å²) in [6.07, 6.45) is 5.64. The van der Waals surface area contributed by atoms with Crippen molar-refractivity contribution in [1.29, 1.82) is 0 Å². The Morgan fingerprint density at radius 1 is 1.00 bits per heavy atom. The number of carbonyl (C=O) groups is 1. The third-order valence-corrected chi connectivity index (χ3v) is 5.60. The van der Waals surface area contributed by atoms with E-state index >= 15 is 0 Å². The van der Waals surface area contributed by atoms with Crippen molar-refractivity contribution in [3.05, 3.63) is 71.3 Å². The minimum absolute atomic E-state index is 0.157. The molecule has 0 spiro atoms. The highest BCUT2D eigenvalue weighted by Gasteiger charge is 2.28. The quantitative estimate of drug-likeness (QED) is 0.916. The molecule has 2 aromatic carbocycles. The fourth-order valence-corrected chi connectivity index (χ4v) is 4.40. The van der Waals surface area contributed by atoms with Gasteiger partial charge in [-0.05, 0) is 55.3 Å². The maximum atomic E-state index is 12.7. The summed E-state index contributed by atoms with van der Waals surface area (Å²) < 4.78 is 0. The SMILES string of the molecule is O=C(CN1CCC[C@H]1c1ccccc1)N[C@H]1CCCc2ccccc21. The molecule has 0 radical (unpaired) electrons. The second kappa shape index (κ2) is 7.40. The van der Waals surface area contributed by atoms with Crippen LogP contribution in [-0.2, 0) is 11.2 Å². The molecule has 1 fully saturated rings. The van der Waals surface area contributed by atoms with Gasteiger partial charge in [0, 0.05) is 6.04 Å². The number of nitrogens with zero attached hydrogens (tertiary/aromatic N) is 1. The first kappa shape index (κ1) is 16.3. The van der Waals surface area contributed by atoms with E-state index in [1.165, 1.54) is 23.1 Å². The molecule has 1 heterocycles. The zero-order chi connectivity index (χ0) is 17.1. The van der Waals surface area contributed by atoms with Crippen molar-refractivity contribution >= 4 is 5.91 Å². The van der Waals surface area contributed by atoms with Crippen LogP contribution in [0.5, 0.6) is 0 Å². The van der Waals surface area contributed by atoms with E-state index < -0.39 is 0 Å². The number of rotatable bonds is 4. The highest BCUT2D eigenvalue weighted by molar-refractivity contribution is 5.78. The maximum Gasteiger partial charge on any atom is 0.234 e. The lowest BCUT2D eigenvalue weighted by atomic mass is 9.88. The molecule has 1 amide bonds. The van der Waals surface area contributed by atoms with Gasteiger partial charge in [-0.2, -0.15) is 0 Å². The summed E-state index contributed by atoms with van der Waals surface area (Å²) in [4.78, 5) is 15.0. The molecule has 1 N–H and O–H groups in total. The van der Waals surface area contributed by atoms with E-state index in [1.807, 2.05) is 0 Å². The lowest BCUT2D eigenvalue weighted by molar-refractivity contribution is -0.123. The molecule has 4 rings (SSSR count). The summed E-state index contributed by atoms with van der Waals surface area (Å²) in [6.45, 7) is 1.51. The molecule has 2 atom stereocenters. The van der Waals surface area contributed by atoms with E-state index in [0.717, 1.165) is 32.2 Å². The highest BCUT2D eigenvalue weighted by Crippen LogP contribution is 2.32. The van der Waals surface area contributed by atoms with Gasteiger partial charge in [-0.1, -0.05) is 54.6 Å². The number of hydrogen-bond donors (Lipinski definition) is 1. The molecule has 3 nitrogen and oxygen atoms in total. The van der Waals surface area contributed by atoms with Crippen LogP contribution < -0.4 is 5.32 Å². The molecule has 0 aromatic heterocycles. The monoisotopic (exact) mass is 334 g/mol. The molecule has 1 saturated heterocycles. The summed E-state index contributed by atoms with van der Waals surface area (Å²) in [6, 6.07) is 19.7. The van der Waals surface area contributed by atoms with Gasteiger partial charge in [0.15, 0.2) is 0 Å². The number of likely N-dealkylation sites (tertiary alicyclic amines) is 1. The molecule has 25 heavy (non-hydrogen) atoms. The number of hydrogen-bond acceptors (Lipinski definition) is 2. The van der Waals surface area contributed by atoms with Gasteiger partial charge in [0.1, 0.15) is 0 Å². The first-order valence-electron chi connectivity index (χ1n) is 9.47. The molecule has 2 aromatic rings. The highest BCUT2D eigenvalue weighted by atomic mass is 16.2. The second-order valence-electron chi connectivity index (χ2n) is 7.25. The van der Waals surface area contributed by atoms with Gasteiger partial charge in [-0.15, -0.1) is 0 Å². The number of aryl methyl sites for hydroxylation is 1. The lowest BCUT2D eigenvalue weighted by Gasteiger charge is -2.29. The Kier molecular flexibility index (Phi) is 4.84. The summed E-state index contributed by atoms with van der Waals surface area (Å²) in [5.41, 5.74) is 4.03. The van der Waals surface area contributed by atoms with Crippen molar-refractivity contribution in [3.63, 3.8) is 0 Å². The minimum atomic E-state index is 0.157. The minimum Gasteiger partial charge on any atom is -0.348 e. The molecule has 0 bridgehead atoms. The van der Waals surface area contributed by atoms with Crippen molar-refractivity contribution in [2.45, 2.75) is 44.2 Å². The predicted octanol–water partition coefficient (Wildman–Crippen LogP) is 4.02. The standard InChI is InChI=1S/C22H26N2O/c25-22(23-20-13-6-11-17-8-4-5-12-19(17)20)16-24-15-7-14-21(24)18-9-2-1-3-10-18/h1-5,8-10,12,20-21H,6-7,11,13-16H2,(H,23,25)/t20-,21-/m0/s1. The number of nitrogens with one attached hydrogen (secondary N) is 1. The Bertz CT molecular complexity index is 728. The number of fused-ring (bicyclic) bond motifs is 1. The third kappa shape index (κ3) is 3.62. The van der Waals surface area contributed by atoms with Crippen molar-refractivity contribution < 1.29 is 4.79 Å². The Labute approximate surface area is 150 Å². The summed E-state index contributed by atoms with van der Waals surface area (Å²) in [5.74, 6) is 0.157.